The lowest BCUT2D eigenvalue weighted by Gasteiger charge is -2.41. The summed E-state index contributed by atoms with van der Waals surface area (Å²) in [5.74, 6) is 0.727. The average molecular weight is 389 g/mol. The summed E-state index contributed by atoms with van der Waals surface area (Å²) in [6, 6.07) is 7.32. The van der Waals surface area contributed by atoms with Crippen molar-refractivity contribution in [1.29, 1.82) is 0 Å². The van der Waals surface area contributed by atoms with Gasteiger partial charge in [-0.3, -0.25) is 4.90 Å². The second-order valence-corrected chi connectivity index (χ2v) is 8.02. The average Bonchev–Trinajstić information content (AvgIpc) is 3.05. The minimum atomic E-state index is -0.254. The van der Waals surface area contributed by atoms with Crippen molar-refractivity contribution in [2.45, 2.75) is 18.9 Å². The summed E-state index contributed by atoms with van der Waals surface area (Å²) < 4.78 is 18.9. The van der Waals surface area contributed by atoms with E-state index in [1.165, 1.54) is 12.1 Å². The highest BCUT2D eigenvalue weighted by Gasteiger charge is 2.29. The molecule has 2 aromatic rings. The normalized spacial score (nSPS) is 19.7. The Hall–Kier alpha value is -1.96. The Balaban J connectivity index is 1.64. The van der Waals surface area contributed by atoms with Gasteiger partial charge >= 0.3 is 0 Å². The fraction of sp³-hybridized carbons (Fsp3) is 0.450. The fourth-order valence-electron chi connectivity index (χ4n) is 3.74. The first kappa shape index (κ1) is 18.4. The Morgan fingerprint density at radius 2 is 2.22 bits per heavy atom. The number of thiophene rings is 1. The van der Waals surface area contributed by atoms with Gasteiger partial charge < -0.3 is 15.0 Å². The maximum Gasteiger partial charge on any atom is 0.139 e. The lowest BCUT2D eigenvalue weighted by molar-refractivity contribution is 0.119. The van der Waals surface area contributed by atoms with Crippen molar-refractivity contribution in [1.82, 2.24) is 9.80 Å². The molecule has 7 heteroatoms. The van der Waals surface area contributed by atoms with Gasteiger partial charge in [-0.05, 0) is 49.5 Å². The van der Waals surface area contributed by atoms with Gasteiger partial charge in [0.25, 0.3) is 0 Å². The van der Waals surface area contributed by atoms with Gasteiger partial charge in [0.15, 0.2) is 0 Å². The van der Waals surface area contributed by atoms with Crippen LogP contribution in [0.3, 0.4) is 0 Å². The molecule has 0 amide bonds. The molecule has 0 radical (unpaired) electrons. The van der Waals surface area contributed by atoms with Gasteiger partial charge in [0.2, 0.25) is 0 Å². The van der Waals surface area contributed by atoms with Crippen LogP contribution in [0, 0.1) is 5.82 Å². The number of amidine groups is 1. The standard InChI is InChI=1S/C20H25FN4OS/c1-24-8-9-25(13-15(24)4-3-10-26-2)19-16-7-11-27-20(16)23-18-12-14(21)5-6-17(18)22-19/h5-7,11-12,15,23H,3-4,8-10,13H2,1-2H3/t15-/m0/s1. The summed E-state index contributed by atoms with van der Waals surface area (Å²) in [6.45, 7) is 3.66. The lowest BCUT2D eigenvalue weighted by atomic mass is 10.1. The third-order valence-electron chi connectivity index (χ3n) is 5.30. The molecule has 4 rings (SSSR count). The van der Waals surface area contributed by atoms with E-state index in [4.69, 9.17) is 9.73 Å². The fourth-order valence-corrected chi connectivity index (χ4v) is 4.53. The molecule has 0 bridgehead atoms. The Kier molecular flexibility index (Phi) is 5.43. The van der Waals surface area contributed by atoms with Gasteiger partial charge in [0.05, 0.1) is 16.9 Å². The molecule has 3 heterocycles. The van der Waals surface area contributed by atoms with Gasteiger partial charge in [0.1, 0.15) is 16.7 Å². The molecule has 1 saturated heterocycles. The van der Waals surface area contributed by atoms with Gasteiger partial charge in [-0.15, -0.1) is 11.3 Å². The Labute approximate surface area is 163 Å². The minimum absolute atomic E-state index is 0.254. The largest absolute Gasteiger partial charge is 0.385 e. The van der Waals surface area contributed by atoms with E-state index in [0.717, 1.165) is 66.9 Å². The van der Waals surface area contributed by atoms with Crippen LogP contribution >= 0.6 is 11.3 Å². The summed E-state index contributed by atoms with van der Waals surface area (Å²) in [6.07, 6.45) is 2.16. The van der Waals surface area contributed by atoms with Crippen LogP contribution in [0.2, 0.25) is 0 Å². The number of anilines is 2. The highest BCUT2D eigenvalue weighted by molar-refractivity contribution is 7.14. The second kappa shape index (κ2) is 7.96. The molecule has 1 atom stereocenters. The summed E-state index contributed by atoms with van der Waals surface area (Å²) in [5, 5.41) is 6.45. The number of benzene rings is 1. The molecule has 1 aromatic carbocycles. The Morgan fingerprint density at radius 1 is 1.33 bits per heavy atom. The molecule has 1 aromatic heterocycles. The second-order valence-electron chi connectivity index (χ2n) is 7.10. The Morgan fingerprint density at radius 3 is 3.07 bits per heavy atom. The summed E-state index contributed by atoms with van der Waals surface area (Å²) in [5.41, 5.74) is 2.60. The molecule has 1 N–H and O–H groups in total. The molecule has 2 aliphatic rings. The molecule has 144 valence electrons. The number of ether oxygens (including phenoxy) is 1. The molecular formula is C20H25FN4OS. The zero-order chi connectivity index (χ0) is 18.8. The zero-order valence-corrected chi connectivity index (χ0v) is 16.6. The predicted molar refractivity (Wildman–Crippen MR) is 109 cm³/mol. The maximum absolute atomic E-state index is 13.7. The maximum atomic E-state index is 13.7. The SMILES string of the molecule is COCCC[C@H]1CN(C2=Nc3ccc(F)cc3Nc3sccc32)CCN1C. The number of aliphatic imine (C=N–C) groups is 1. The Bertz CT molecular complexity index is 837. The van der Waals surface area contributed by atoms with Crippen molar-refractivity contribution in [2.75, 3.05) is 45.7 Å². The van der Waals surface area contributed by atoms with Crippen molar-refractivity contribution >= 4 is 33.5 Å². The van der Waals surface area contributed by atoms with Crippen molar-refractivity contribution in [2.24, 2.45) is 4.99 Å². The van der Waals surface area contributed by atoms with Crippen molar-refractivity contribution in [3.05, 3.63) is 41.0 Å². The number of hydrogen-bond acceptors (Lipinski definition) is 6. The molecule has 0 saturated carbocycles. The number of nitrogens with zero attached hydrogens (tertiary/aromatic N) is 3. The summed E-state index contributed by atoms with van der Waals surface area (Å²) in [4.78, 5) is 9.76. The van der Waals surface area contributed by atoms with Crippen LogP contribution in [0.25, 0.3) is 0 Å². The number of fused-ring (bicyclic) bond motifs is 2. The zero-order valence-electron chi connectivity index (χ0n) is 15.7. The molecule has 1 fully saturated rings. The van der Waals surface area contributed by atoms with E-state index < -0.39 is 0 Å². The van der Waals surface area contributed by atoms with E-state index >= 15 is 0 Å². The van der Waals surface area contributed by atoms with Gasteiger partial charge in [0, 0.05) is 39.4 Å². The topological polar surface area (TPSA) is 40.1 Å². The smallest absolute Gasteiger partial charge is 0.139 e. The van der Waals surface area contributed by atoms with Gasteiger partial charge in [-0.2, -0.15) is 0 Å². The van der Waals surface area contributed by atoms with E-state index in [2.05, 4.69) is 33.6 Å². The van der Waals surface area contributed by atoms with E-state index in [9.17, 15) is 4.39 Å². The number of hydrogen-bond donors (Lipinski definition) is 1. The first-order chi connectivity index (χ1) is 13.2. The lowest BCUT2D eigenvalue weighted by Crippen LogP contribution is -2.53. The quantitative estimate of drug-likeness (QED) is 0.802. The molecule has 2 aliphatic heterocycles. The summed E-state index contributed by atoms with van der Waals surface area (Å²) >= 11 is 1.63. The van der Waals surface area contributed by atoms with Crippen LogP contribution in [0.4, 0.5) is 20.8 Å². The number of halogens is 1. The molecule has 5 nitrogen and oxygen atoms in total. The number of nitrogens with one attached hydrogen (secondary N) is 1. The van der Waals surface area contributed by atoms with Gasteiger partial charge in [-0.1, -0.05) is 0 Å². The van der Waals surface area contributed by atoms with E-state index in [0.29, 0.717) is 6.04 Å². The summed E-state index contributed by atoms with van der Waals surface area (Å²) in [7, 11) is 3.95. The monoisotopic (exact) mass is 388 g/mol. The molecule has 0 unspecified atom stereocenters. The van der Waals surface area contributed by atoms with Gasteiger partial charge in [-0.25, -0.2) is 9.38 Å². The van der Waals surface area contributed by atoms with E-state index in [1.807, 2.05) is 0 Å². The highest BCUT2D eigenvalue weighted by Crippen LogP contribution is 2.38. The van der Waals surface area contributed by atoms with Crippen molar-refractivity contribution in [3.63, 3.8) is 0 Å². The van der Waals surface area contributed by atoms with Crippen LogP contribution in [-0.2, 0) is 4.74 Å². The van der Waals surface area contributed by atoms with E-state index in [-0.39, 0.29) is 5.82 Å². The van der Waals surface area contributed by atoms with Crippen molar-refractivity contribution < 1.29 is 9.13 Å². The number of rotatable bonds is 4. The van der Waals surface area contributed by atoms with Crippen LogP contribution < -0.4 is 5.32 Å². The van der Waals surface area contributed by atoms with Crippen LogP contribution in [0.1, 0.15) is 18.4 Å². The molecular weight excluding hydrogens is 363 g/mol. The third-order valence-corrected chi connectivity index (χ3v) is 6.13. The molecule has 0 aliphatic carbocycles. The van der Waals surface area contributed by atoms with Crippen LogP contribution in [-0.4, -0.2) is 62.1 Å². The highest BCUT2D eigenvalue weighted by atomic mass is 32.1. The van der Waals surface area contributed by atoms with E-state index in [1.54, 1.807) is 24.5 Å². The number of methoxy groups -OCH3 is 1. The van der Waals surface area contributed by atoms with Crippen LogP contribution in [0.5, 0.6) is 0 Å². The molecule has 0 spiro atoms. The molecule has 27 heavy (non-hydrogen) atoms. The first-order valence-corrected chi connectivity index (χ1v) is 10.2. The number of likely N-dealkylation sites (N-methyl/N-ethyl adjacent to an activating group) is 1. The van der Waals surface area contributed by atoms with Crippen LogP contribution in [0.15, 0.2) is 34.6 Å². The first-order valence-electron chi connectivity index (χ1n) is 9.33. The number of piperazine rings is 1. The predicted octanol–water partition coefficient (Wildman–Crippen LogP) is 4.07. The minimum Gasteiger partial charge on any atom is -0.385 e. The van der Waals surface area contributed by atoms with Crippen molar-refractivity contribution in [3.8, 4) is 0 Å². The third kappa shape index (κ3) is 3.85.